The number of aryl methyl sites for hydroxylation is 3. The topological polar surface area (TPSA) is 44.1 Å². The van der Waals surface area contributed by atoms with Gasteiger partial charge in [-0.2, -0.15) is 0 Å². The lowest BCUT2D eigenvalue weighted by molar-refractivity contribution is 0.300. The van der Waals surface area contributed by atoms with Gasteiger partial charge in [-0.1, -0.05) is 47.1 Å². The molecule has 0 saturated heterocycles. The number of fused-ring (bicyclic) bond motifs is 1. The summed E-state index contributed by atoms with van der Waals surface area (Å²) in [5.74, 6) is 0.860. The number of thiophene rings is 1. The van der Waals surface area contributed by atoms with Crippen molar-refractivity contribution in [1.82, 2.24) is 9.55 Å². The second kappa shape index (κ2) is 9.14. The van der Waals surface area contributed by atoms with E-state index >= 15 is 0 Å². The van der Waals surface area contributed by atoms with Crippen LogP contribution >= 0.6 is 27.3 Å². The van der Waals surface area contributed by atoms with E-state index in [4.69, 9.17) is 4.74 Å². The second-order valence-corrected chi connectivity index (χ2v) is 9.20. The lowest BCUT2D eigenvalue weighted by Crippen LogP contribution is -2.21. The molecule has 30 heavy (non-hydrogen) atoms. The molecule has 0 unspecified atom stereocenters. The van der Waals surface area contributed by atoms with Crippen LogP contribution in [0.25, 0.3) is 21.3 Å². The van der Waals surface area contributed by atoms with Gasteiger partial charge in [-0.15, -0.1) is 11.3 Å². The third-order valence-electron chi connectivity index (χ3n) is 5.01. The van der Waals surface area contributed by atoms with Crippen molar-refractivity contribution in [3.63, 3.8) is 0 Å². The Hall–Kier alpha value is -2.44. The smallest absolute Gasteiger partial charge is 0.262 e. The summed E-state index contributed by atoms with van der Waals surface area (Å²) in [6, 6.07) is 16.1. The van der Waals surface area contributed by atoms with E-state index in [9.17, 15) is 4.79 Å². The Kier molecular flexibility index (Phi) is 6.35. The van der Waals surface area contributed by atoms with Crippen LogP contribution in [0.2, 0.25) is 0 Å². The van der Waals surface area contributed by atoms with Gasteiger partial charge in [-0.25, -0.2) is 4.98 Å². The van der Waals surface area contributed by atoms with E-state index in [-0.39, 0.29) is 5.56 Å². The van der Waals surface area contributed by atoms with Crippen molar-refractivity contribution in [2.45, 2.75) is 33.2 Å². The highest BCUT2D eigenvalue weighted by atomic mass is 79.9. The minimum absolute atomic E-state index is 0.0180. The summed E-state index contributed by atoms with van der Waals surface area (Å²) in [6.07, 6.45) is 3.27. The molecule has 0 bridgehead atoms. The SMILES string of the molecule is CCc1sc2ncn(CCCOc3cccc(C)c3)c(=O)c2c1-c1ccc(Br)cc1. The predicted molar refractivity (Wildman–Crippen MR) is 128 cm³/mol. The number of benzene rings is 2. The summed E-state index contributed by atoms with van der Waals surface area (Å²) < 4.78 is 8.55. The first-order valence-electron chi connectivity index (χ1n) is 10.0. The molecule has 4 rings (SSSR count). The summed E-state index contributed by atoms with van der Waals surface area (Å²) in [4.78, 5) is 19.9. The molecule has 0 N–H and O–H groups in total. The number of hydrogen-bond donors (Lipinski definition) is 0. The number of nitrogens with zero attached hydrogens (tertiary/aromatic N) is 2. The molecule has 0 spiro atoms. The molecule has 0 atom stereocenters. The van der Waals surface area contributed by atoms with E-state index in [0.717, 1.165) is 44.4 Å². The molecule has 0 aliphatic rings. The molecular formula is C24H23BrN2O2S. The zero-order valence-electron chi connectivity index (χ0n) is 17.0. The highest BCUT2D eigenvalue weighted by molar-refractivity contribution is 9.10. The maximum absolute atomic E-state index is 13.3. The molecule has 4 aromatic rings. The quantitative estimate of drug-likeness (QED) is 0.293. The average Bonchev–Trinajstić information content (AvgIpc) is 3.13. The molecule has 2 aromatic heterocycles. The average molecular weight is 483 g/mol. The molecule has 0 fully saturated rings. The maximum atomic E-state index is 13.3. The van der Waals surface area contributed by atoms with Crippen molar-refractivity contribution < 1.29 is 4.74 Å². The lowest BCUT2D eigenvalue weighted by Gasteiger charge is -2.09. The Morgan fingerprint density at radius 2 is 1.97 bits per heavy atom. The molecule has 2 heterocycles. The van der Waals surface area contributed by atoms with Crippen molar-refractivity contribution in [3.05, 3.63) is 80.1 Å². The monoisotopic (exact) mass is 482 g/mol. The summed E-state index contributed by atoms with van der Waals surface area (Å²) in [5.41, 5.74) is 3.26. The van der Waals surface area contributed by atoms with Crippen LogP contribution in [0, 0.1) is 6.92 Å². The van der Waals surface area contributed by atoms with E-state index in [1.165, 1.54) is 10.4 Å². The Bertz CT molecular complexity index is 1230. The van der Waals surface area contributed by atoms with Crippen LogP contribution < -0.4 is 10.3 Å². The summed E-state index contributed by atoms with van der Waals surface area (Å²) in [6.45, 7) is 5.29. The minimum Gasteiger partial charge on any atom is -0.494 e. The van der Waals surface area contributed by atoms with Gasteiger partial charge >= 0.3 is 0 Å². The number of aromatic nitrogens is 2. The number of halogens is 1. The zero-order valence-corrected chi connectivity index (χ0v) is 19.4. The van der Waals surface area contributed by atoms with Crippen LogP contribution in [0.3, 0.4) is 0 Å². The van der Waals surface area contributed by atoms with E-state index in [1.807, 2.05) is 43.3 Å². The first-order chi connectivity index (χ1) is 14.6. The van der Waals surface area contributed by atoms with Gasteiger partial charge in [-0.05, 0) is 55.2 Å². The number of hydrogen-bond acceptors (Lipinski definition) is 4. The van der Waals surface area contributed by atoms with Gasteiger partial charge in [0.1, 0.15) is 10.6 Å². The summed E-state index contributed by atoms with van der Waals surface area (Å²) >= 11 is 5.10. The Labute approximate surface area is 188 Å². The van der Waals surface area contributed by atoms with Gasteiger partial charge in [0, 0.05) is 21.5 Å². The fraction of sp³-hybridized carbons (Fsp3) is 0.250. The van der Waals surface area contributed by atoms with Crippen molar-refractivity contribution >= 4 is 37.5 Å². The molecule has 4 nitrogen and oxygen atoms in total. The zero-order chi connectivity index (χ0) is 21.1. The lowest BCUT2D eigenvalue weighted by atomic mass is 10.0. The van der Waals surface area contributed by atoms with Crippen molar-refractivity contribution in [2.75, 3.05) is 6.61 Å². The molecule has 0 saturated carbocycles. The van der Waals surface area contributed by atoms with Crippen LogP contribution in [0.1, 0.15) is 23.8 Å². The van der Waals surface area contributed by atoms with Gasteiger partial charge in [0.15, 0.2) is 0 Å². The van der Waals surface area contributed by atoms with Gasteiger partial charge < -0.3 is 4.74 Å². The fourth-order valence-electron chi connectivity index (χ4n) is 3.53. The van der Waals surface area contributed by atoms with E-state index in [0.29, 0.717) is 13.2 Å². The maximum Gasteiger partial charge on any atom is 0.262 e. The molecule has 0 amide bonds. The number of ether oxygens (including phenoxy) is 1. The van der Waals surface area contributed by atoms with E-state index in [2.05, 4.69) is 40.0 Å². The van der Waals surface area contributed by atoms with E-state index < -0.39 is 0 Å². The molecule has 0 aliphatic carbocycles. The van der Waals surface area contributed by atoms with E-state index in [1.54, 1.807) is 22.2 Å². The molecule has 0 aliphatic heterocycles. The Morgan fingerprint density at radius 3 is 2.70 bits per heavy atom. The van der Waals surface area contributed by atoms with Gasteiger partial charge in [0.05, 0.1) is 18.3 Å². The molecule has 154 valence electrons. The van der Waals surface area contributed by atoms with Crippen LogP contribution in [-0.4, -0.2) is 16.2 Å². The third-order valence-corrected chi connectivity index (χ3v) is 6.78. The van der Waals surface area contributed by atoms with Gasteiger partial charge in [0.25, 0.3) is 5.56 Å². The van der Waals surface area contributed by atoms with Crippen molar-refractivity contribution in [3.8, 4) is 16.9 Å². The Balaban J connectivity index is 1.59. The highest BCUT2D eigenvalue weighted by Crippen LogP contribution is 2.36. The van der Waals surface area contributed by atoms with Crippen LogP contribution in [0.5, 0.6) is 5.75 Å². The summed E-state index contributed by atoms with van der Waals surface area (Å²) in [5, 5.41) is 0.723. The number of rotatable bonds is 7. The first-order valence-corrected chi connectivity index (χ1v) is 11.6. The normalized spacial score (nSPS) is 11.2. The standard InChI is InChI=1S/C24H23BrN2O2S/c1-3-20-21(17-8-10-18(25)11-9-17)22-23(30-20)26-15-27(24(22)28)12-5-13-29-19-7-4-6-16(2)14-19/h4,6-11,14-15H,3,5,12-13H2,1-2H3. The molecular weight excluding hydrogens is 460 g/mol. The van der Waals surface area contributed by atoms with Crippen molar-refractivity contribution in [1.29, 1.82) is 0 Å². The summed E-state index contributed by atoms with van der Waals surface area (Å²) in [7, 11) is 0. The van der Waals surface area contributed by atoms with Crippen molar-refractivity contribution in [2.24, 2.45) is 0 Å². The van der Waals surface area contributed by atoms with Crippen LogP contribution in [-0.2, 0) is 13.0 Å². The van der Waals surface area contributed by atoms with Gasteiger partial charge in [-0.3, -0.25) is 9.36 Å². The third kappa shape index (κ3) is 4.35. The predicted octanol–water partition coefficient (Wildman–Crippen LogP) is 6.23. The van der Waals surface area contributed by atoms with Crippen LogP contribution in [0.4, 0.5) is 0 Å². The van der Waals surface area contributed by atoms with Gasteiger partial charge in [0.2, 0.25) is 0 Å². The first kappa shape index (κ1) is 20.8. The largest absolute Gasteiger partial charge is 0.494 e. The van der Waals surface area contributed by atoms with Crippen LogP contribution in [0.15, 0.2) is 64.1 Å². The molecule has 2 aromatic carbocycles. The molecule has 6 heteroatoms. The molecule has 0 radical (unpaired) electrons. The fourth-order valence-corrected chi connectivity index (χ4v) is 4.89. The highest BCUT2D eigenvalue weighted by Gasteiger charge is 2.18. The second-order valence-electron chi connectivity index (χ2n) is 7.20. The Morgan fingerprint density at radius 1 is 1.17 bits per heavy atom. The minimum atomic E-state index is 0.0180.